The third-order valence-electron chi connectivity index (χ3n) is 15.2. The molecule has 10 aromatic rings. The van der Waals surface area contributed by atoms with Crippen molar-refractivity contribution in [2.24, 2.45) is 0 Å². The topological polar surface area (TPSA) is 6.48 Å². The molecule has 0 radical (unpaired) electrons. The monoisotopic (exact) mass is 978 g/mol. The van der Waals surface area contributed by atoms with Crippen LogP contribution in [0.1, 0.15) is 11.1 Å². The van der Waals surface area contributed by atoms with Gasteiger partial charge in [-0.25, -0.2) is 0 Å². The van der Waals surface area contributed by atoms with Crippen molar-refractivity contribution in [1.29, 1.82) is 0 Å². The second-order valence-corrected chi connectivity index (χ2v) is 23.0. The van der Waals surface area contributed by atoms with Gasteiger partial charge in [-0.1, -0.05) is 199 Å². The van der Waals surface area contributed by atoms with Crippen LogP contribution in [0.15, 0.2) is 231 Å². The maximum Gasteiger partial charge on any atom is 0.416 e. The molecule has 0 atom stereocenters. The van der Waals surface area contributed by atoms with Crippen LogP contribution in [-0.4, -0.2) is 14.8 Å². The van der Waals surface area contributed by atoms with Crippen LogP contribution in [0.25, 0.3) is 44.5 Å². The van der Waals surface area contributed by atoms with E-state index in [1.807, 2.05) is 66.7 Å². The van der Waals surface area contributed by atoms with E-state index in [-0.39, 0.29) is 6.71 Å². The van der Waals surface area contributed by atoms with Crippen LogP contribution in [0.5, 0.6) is 0 Å². The maximum atomic E-state index is 14.2. The summed E-state index contributed by atoms with van der Waals surface area (Å²) < 4.78 is 85.0. The molecule has 0 spiro atoms. The Balaban J connectivity index is 1.17. The number of para-hydroxylation sites is 2. The van der Waals surface area contributed by atoms with Gasteiger partial charge in [-0.2, -0.15) is 26.3 Å². The van der Waals surface area contributed by atoms with Crippen molar-refractivity contribution in [3.63, 3.8) is 0 Å². The number of anilines is 6. The molecule has 3 heterocycles. The van der Waals surface area contributed by atoms with Crippen LogP contribution < -0.4 is 41.7 Å². The SMILES string of the molecule is C[Si]1(c2ccccc2)c2cccc3c2B2c4c(cccc4N(c4c(-c5ccccc5)cccc4-c4ccc(C(F)(F)F)cc4)c4cccc1c42)N3c1c(-c2ccccc2)cccc1-c1ccc(C(F)(F)F)cc1. The number of hydrogen-bond donors (Lipinski definition) is 0. The van der Waals surface area contributed by atoms with Crippen LogP contribution in [0, 0.1) is 0 Å². The lowest BCUT2D eigenvalue weighted by Crippen LogP contribution is -2.83. The first-order valence-electron chi connectivity index (χ1n) is 24.2. The molecule has 0 N–H and O–H groups in total. The van der Waals surface area contributed by atoms with Crippen molar-refractivity contribution in [2.75, 3.05) is 9.80 Å². The summed E-state index contributed by atoms with van der Waals surface area (Å²) in [5, 5.41) is 3.78. The first-order chi connectivity index (χ1) is 35.4. The van der Waals surface area contributed by atoms with E-state index in [1.54, 1.807) is 24.3 Å². The molecular formula is C63H41BF6N2Si. The summed E-state index contributed by atoms with van der Waals surface area (Å²) in [5.41, 5.74) is 13.9. The second-order valence-electron chi connectivity index (χ2n) is 19.1. The zero-order chi connectivity index (χ0) is 49.8. The van der Waals surface area contributed by atoms with E-state index in [4.69, 9.17) is 0 Å². The van der Waals surface area contributed by atoms with Crippen LogP contribution >= 0.6 is 0 Å². The highest BCUT2D eigenvalue weighted by atomic mass is 28.3. The van der Waals surface area contributed by atoms with Crippen molar-refractivity contribution >= 4 is 80.9 Å². The molecule has 0 amide bonds. The summed E-state index contributed by atoms with van der Waals surface area (Å²) in [7, 11) is -2.92. The van der Waals surface area contributed by atoms with E-state index in [2.05, 4.69) is 132 Å². The van der Waals surface area contributed by atoms with E-state index in [9.17, 15) is 26.3 Å². The first-order valence-corrected chi connectivity index (χ1v) is 26.7. The molecule has 0 aromatic heterocycles. The van der Waals surface area contributed by atoms with E-state index in [1.165, 1.54) is 26.5 Å². The van der Waals surface area contributed by atoms with E-state index in [0.717, 1.165) is 97.2 Å². The molecular weight excluding hydrogens is 938 g/mol. The Hall–Kier alpha value is -8.34. The van der Waals surface area contributed by atoms with Gasteiger partial charge in [-0.15, -0.1) is 0 Å². The highest BCUT2D eigenvalue weighted by molar-refractivity contribution is 7.21. The summed E-state index contributed by atoms with van der Waals surface area (Å²) in [5.74, 6) is 0. The summed E-state index contributed by atoms with van der Waals surface area (Å²) in [4.78, 5) is 4.70. The predicted octanol–water partition coefficient (Wildman–Crippen LogP) is 13.9. The minimum Gasteiger partial charge on any atom is -0.310 e. The van der Waals surface area contributed by atoms with Gasteiger partial charge >= 0.3 is 12.4 Å². The highest BCUT2D eigenvalue weighted by Crippen LogP contribution is 2.53. The quantitative estimate of drug-likeness (QED) is 0.116. The molecule has 10 heteroatoms. The number of rotatable bonds is 7. The van der Waals surface area contributed by atoms with Gasteiger partial charge in [0.1, 0.15) is 8.07 Å². The Kier molecular flexibility index (Phi) is 10.1. The van der Waals surface area contributed by atoms with E-state index < -0.39 is 31.6 Å². The number of benzene rings is 10. The smallest absolute Gasteiger partial charge is 0.310 e. The van der Waals surface area contributed by atoms with Crippen LogP contribution in [0.4, 0.5) is 60.5 Å². The molecule has 0 unspecified atom stereocenters. The van der Waals surface area contributed by atoms with Crippen LogP contribution in [-0.2, 0) is 12.4 Å². The van der Waals surface area contributed by atoms with Crippen LogP contribution in [0.2, 0.25) is 6.55 Å². The molecule has 352 valence electrons. The summed E-state index contributed by atoms with van der Waals surface area (Å²) in [6.07, 6.45) is -9.02. The van der Waals surface area contributed by atoms with Crippen molar-refractivity contribution in [3.05, 3.63) is 242 Å². The molecule has 3 aliphatic rings. The zero-order valence-electron chi connectivity index (χ0n) is 39.2. The number of nitrogens with zero attached hydrogens (tertiary/aromatic N) is 2. The van der Waals surface area contributed by atoms with E-state index >= 15 is 0 Å². The van der Waals surface area contributed by atoms with Crippen molar-refractivity contribution in [2.45, 2.75) is 18.9 Å². The first kappa shape index (κ1) is 44.6. The molecule has 2 nitrogen and oxygen atoms in total. The fraction of sp³-hybridized carbons (Fsp3) is 0.0476. The molecule has 0 fully saturated rings. The second kappa shape index (κ2) is 16.6. The minimum absolute atomic E-state index is 0.239. The fourth-order valence-electron chi connectivity index (χ4n) is 12.0. The zero-order valence-corrected chi connectivity index (χ0v) is 40.2. The Morgan fingerprint density at radius 2 is 0.644 bits per heavy atom. The molecule has 13 rings (SSSR count). The third-order valence-corrected chi connectivity index (χ3v) is 19.7. The summed E-state index contributed by atoms with van der Waals surface area (Å²) in [6, 6.07) is 73.6. The van der Waals surface area contributed by atoms with Gasteiger partial charge in [-0.3, -0.25) is 0 Å². The Morgan fingerprint density at radius 3 is 1.01 bits per heavy atom. The third kappa shape index (κ3) is 6.87. The maximum absolute atomic E-state index is 14.2. The van der Waals surface area contributed by atoms with Crippen molar-refractivity contribution in [3.8, 4) is 44.5 Å². The largest absolute Gasteiger partial charge is 0.416 e. The molecule has 0 saturated heterocycles. The summed E-state index contributed by atoms with van der Waals surface area (Å²) >= 11 is 0. The Labute approximate surface area is 420 Å². The van der Waals surface area contributed by atoms with Crippen molar-refractivity contribution in [1.82, 2.24) is 0 Å². The summed E-state index contributed by atoms with van der Waals surface area (Å²) in [6.45, 7) is 2.20. The number of alkyl halides is 6. The standard InChI is InChI=1S/C63H41BF6N2Si/c1-73(46-20-9-4-10-21-46)55-30-14-28-53-58(55)64-57-51(71(53)60-47(40-16-5-2-6-17-40)22-11-24-49(60)42-32-36-44(37-33-42)62(65,66)67)26-13-27-52(57)72(54-29-15-31-56(73)59(54)64)61-48(41-18-7-3-8-19-41)23-12-25-50(61)43-34-38-45(39-35-43)63(68,69)70/h2-39H,1H3. The predicted molar refractivity (Wildman–Crippen MR) is 289 cm³/mol. The molecule has 3 aliphatic heterocycles. The lowest BCUT2D eigenvalue weighted by molar-refractivity contribution is -0.138. The van der Waals surface area contributed by atoms with Gasteiger partial charge < -0.3 is 9.80 Å². The average Bonchev–Trinajstić information content (AvgIpc) is 3.42. The highest BCUT2D eigenvalue weighted by Gasteiger charge is 2.54. The molecule has 0 aliphatic carbocycles. The van der Waals surface area contributed by atoms with E-state index in [0.29, 0.717) is 11.1 Å². The average molecular weight is 979 g/mol. The van der Waals surface area contributed by atoms with Gasteiger partial charge in [0, 0.05) is 45.0 Å². The van der Waals surface area contributed by atoms with Crippen molar-refractivity contribution < 1.29 is 26.3 Å². The van der Waals surface area contributed by atoms with Gasteiger partial charge in [0.2, 0.25) is 0 Å². The Morgan fingerprint density at radius 1 is 0.329 bits per heavy atom. The van der Waals surface area contributed by atoms with Gasteiger partial charge in [0.25, 0.3) is 6.71 Å². The van der Waals surface area contributed by atoms with Gasteiger partial charge in [0.15, 0.2) is 0 Å². The lowest BCUT2D eigenvalue weighted by Gasteiger charge is -2.51. The normalized spacial score (nSPS) is 14.0. The Bertz CT molecular complexity index is 3560. The molecule has 10 aromatic carbocycles. The number of hydrogen-bond acceptors (Lipinski definition) is 2. The molecule has 0 bridgehead atoms. The fourth-order valence-corrected chi connectivity index (χ4v) is 16.3. The van der Waals surface area contributed by atoms with Gasteiger partial charge in [0.05, 0.1) is 22.5 Å². The molecule has 73 heavy (non-hydrogen) atoms. The minimum atomic E-state index is -4.51. The molecule has 0 saturated carbocycles. The lowest BCUT2D eigenvalue weighted by atomic mass is 9.33. The van der Waals surface area contributed by atoms with Crippen LogP contribution in [0.3, 0.4) is 0 Å². The number of halogens is 6. The van der Waals surface area contributed by atoms with Gasteiger partial charge in [-0.05, 0) is 92.4 Å².